The molecule has 1 saturated carbocycles. The van der Waals surface area contributed by atoms with Gasteiger partial charge in [0.15, 0.2) is 0 Å². The first-order valence-electron chi connectivity index (χ1n) is 8.34. The maximum Gasteiger partial charge on any atom is 0.0410 e. The molecule has 0 bridgehead atoms. The van der Waals surface area contributed by atoms with E-state index >= 15 is 0 Å². The molecule has 1 aliphatic carbocycles. The third kappa shape index (κ3) is 4.71. The topological polar surface area (TPSA) is 12.0 Å². The smallest absolute Gasteiger partial charge is 0.0410 e. The van der Waals surface area contributed by atoms with Crippen LogP contribution in [0.25, 0.3) is 0 Å². The lowest BCUT2D eigenvalue weighted by Crippen LogP contribution is -2.32. The number of halogens is 2. The van der Waals surface area contributed by atoms with Crippen molar-refractivity contribution in [1.82, 2.24) is 5.32 Å². The Balaban J connectivity index is 2.22. The standard InChI is InChI=1S/C18H27BrClN/c1-3-10-21-18(14-7-5-6-13(4-2)11-14)16-12-15(20)8-9-17(16)19/h8-9,12-14,18,21H,3-7,10-11H2,1-2H3. The van der Waals surface area contributed by atoms with Gasteiger partial charge >= 0.3 is 0 Å². The van der Waals surface area contributed by atoms with Crippen LogP contribution in [0.4, 0.5) is 0 Å². The second-order valence-corrected chi connectivity index (χ2v) is 7.59. The molecule has 2 rings (SSSR count). The number of hydrogen-bond donors (Lipinski definition) is 1. The van der Waals surface area contributed by atoms with Gasteiger partial charge in [-0.05, 0) is 61.4 Å². The summed E-state index contributed by atoms with van der Waals surface area (Å²) in [6.45, 7) is 5.63. The van der Waals surface area contributed by atoms with Gasteiger partial charge in [0.25, 0.3) is 0 Å². The molecule has 1 fully saturated rings. The third-order valence-electron chi connectivity index (χ3n) is 4.78. The second-order valence-electron chi connectivity index (χ2n) is 6.30. The summed E-state index contributed by atoms with van der Waals surface area (Å²) in [7, 11) is 0. The molecule has 3 unspecified atom stereocenters. The summed E-state index contributed by atoms with van der Waals surface area (Å²) in [6.07, 6.45) is 7.93. The third-order valence-corrected chi connectivity index (χ3v) is 5.74. The lowest BCUT2D eigenvalue weighted by molar-refractivity contribution is 0.209. The van der Waals surface area contributed by atoms with Crippen LogP contribution in [0.3, 0.4) is 0 Å². The number of nitrogens with one attached hydrogen (secondary N) is 1. The number of benzene rings is 1. The summed E-state index contributed by atoms with van der Waals surface area (Å²) in [4.78, 5) is 0. The molecule has 1 aromatic carbocycles. The molecule has 0 amide bonds. The predicted molar refractivity (Wildman–Crippen MR) is 95.9 cm³/mol. The van der Waals surface area contributed by atoms with Crippen molar-refractivity contribution in [2.45, 2.75) is 58.4 Å². The highest BCUT2D eigenvalue weighted by Crippen LogP contribution is 2.40. The van der Waals surface area contributed by atoms with Crippen LogP contribution in [0.5, 0.6) is 0 Å². The minimum Gasteiger partial charge on any atom is -0.310 e. The lowest BCUT2D eigenvalue weighted by Gasteiger charge is -2.35. The Labute approximate surface area is 143 Å². The average Bonchev–Trinajstić information content (AvgIpc) is 2.51. The Bertz CT molecular complexity index is 449. The van der Waals surface area contributed by atoms with Crippen molar-refractivity contribution in [3.8, 4) is 0 Å². The van der Waals surface area contributed by atoms with Gasteiger partial charge in [0.05, 0.1) is 0 Å². The molecule has 0 heterocycles. The van der Waals surface area contributed by atoms with E-state index in [1.807, 2.05) is 6.07 Å². The van der Waals surface area contributed by atoms with Crippen molar-refractivity contribution in [2.75, 3.05) is 6.54 Å². The average molecular weight is 373 g/mol. The van der Waals surface area contributed by atoms with Crippen LogP contribution in [-0.4, -0.2) is 6.54 Å². The maximum absolute atomic E-state index is 6.24. The Morgan fingerprint density at radius 1 is 1.33 bits per heavy atom. The van der Waals surface area contributed by atoms with Gasteiger partial charge < -0.3 is 5.32 Å². The van der Waals surface area contributed by atoms with E-state index in [4.69, 9.17) is 11.6 Å². The fraction of sp³-hybridized carbons (Fsp3) is 0.667. The molecule has 1 N–H and O–H groups in total. The van der Waals surface area contributed by atoms with Gasteiger partial charge in [-0.3, -0.25) is 0 Å². The highest BCUT2D eigenvalue weighted by Gasteiger charge is 2.29. The zero-order valence-electron chi connectivity index (χ0n) is 13.2. The van der Waals surface area contributed by atoms with E-state index in [1.165, 1.54) is 48.6 Å². The zero-order valence-corrected chi connectivity index (χ0v) is 15.5. The van der Waals surface area contributed by atoms with Crippen molar-refractivity contribution >= 4 is 27.5 Å². The molecular weight excluding hydrogens is 346 g/mol. The first-order chi connectivity index (χ1) is 10.2. The van der Waals surface area contributed by atoms with E-state index in [0.717, 1.165) is 23.4 Å². The summed E-state index contributed by atoms with van der Waals surface area (Å²) < 4.78 is 1.18. The van der Waals surface area contributed by atoms with Crippen molar-refractivity contribution < 1.29 is 0 Å². The lowest BCUT2D eigenvalue weighted by atomic mass is 9.75. The molecule has 1 aliphatic rings. The van der Waals surface area contributed by atoms with E-state index in [1.54, 1.807) is 0 Å². The highest BCUT2D eigenvalue weighted by molar-refractivity contribution is 9.10. The first kappa shape index (κ1) is 17.3. The zero-order chi connectivity index (χ0) is 15.2. The molecular formula is C18H27BrClN. The molecule has 0 saturated heterocycles. The number of rotatable bonds is 6. The Hall–Kier alpha value is -0.0500. The van der Waals surface area contributed by atoms with Crippen molar-refractivity contribution in [3.05, 3.63) is 33.3 Å². The maximum atomic E-state index is 6.24. The van der Waals surface area contributed by atoms with Crippen LogP contribution in [0, 0.1) is 11.8 Å². The minimum atomic E-state index is 0.423. The largest absolute Gasteiger partial charge is 0.310 e. The van der Waals surface area contributed by atoms with E-state index in [9.17, 15) is 0 Å². The van der Waals surface area contributed by atoms with E-state index in [-0.39, 0.29) is 0 Å². The van der Waals surface area contributed by atoms with Crippen LogP contribution in [0.2, 0.25) is 5.02 Å². The molecule has 3 atom stereocenters. The van der Waals surface area contributed by atoms with Crippen LogP contribution in [-0.2, 0) is 0 Å². The molecule has 21 heavy (non-hydrogen) atoms. The van der Waals surface area contributed by atoms with Crippen molar-refractivity contribution in [1.29, 1.82) is 0 Å². The molecule has 0 aromatic heterocycles. The van der Waals surface area contributed by atoms with Crippen LogP contribution < -0.4 is 5.32 Å². The van der Waals surface area contributed by atoms with Gasteiger partial charge in [-0.25, -0.2) is 0 Å². The molecule has 0 spiro atoms. The van der Waals surface area contributed by atoms with Gasteiger partial charge in [0, 0.05) is 15.5 Å². The van der Waals surface area contributed by atoms with Gasteiger partial charge in [-0.15, -0.1) is 0 Å². The minimum absolute atomic E-state index is 0.423. The van der Waals surface area contributed by atoms with Crippen molar-refractivity contribution in [2.24, 2.45) is 11.8 Å². The summed E-state index contributed by atoms with van der Waals surface area (Å²) in [5, 5.41) is 4.61. The summed E-state index contributed by atoms with van der Waals surface area (Å²) in [5.41, 5.74) is 1.33. The summed E-state index contributed by atoms with van der Waals surface area (Å²) >= 11 is 9.96. The SMILES string of the molecule is CCCNC(c1cc(Cl)ccc1Br)C1CCCC(CC)C1. The molecule has 0 aliphatic heterocycles. The number of hydrogen-bond acceptors (Lipinski definition) is 1. The van der Waals surface area contributed by atoms with Crippen molar-refractivity contribution in [3.63, 3.8) is 0 Å². The van der Waals surface area contributed by atoms with Crippen LogP contribution >= 0.6 is 27.5 Å². The summed E-state index contributed by atoms with van der Waals surface area (Å²) in [6, 6.07) is 6.60. The Morgan fingerprint density at radius 2 is 2.14 bits per heavy atom. The molecule has 118 valence electrons. The summed E-state index contributed by atoms with van der Waals surface area (Å²) in [5.74, 6) is 1.62. The van der Waals surface area contributed by atoms with Crippen LogP contribution in [0.1, 0.15) is 64.0 Å². The molecule has 0 radical (unpaired) electrons. The van der Waals surface area contributed by atoms with Gasteiger partial charge in [0.1, 0.15) is 0 Å². The van der Waals surface area contributed by atoms with E-state index in [2.05, 4.69) is 47.2 Å². The fourth-order valence-electron chi connectivity index (χ4n) is 3.59. The highest BCUT2D eigenvalue weighted by atomic mass is 79.9. The van der Waals surface area contributed by atoms with Gasteiger partial charge in [0.2, 0.25) is 0 Å². The van der Waals surface area contributed by atoms with Gasteiger partial charge in [-0.1, -0.05) is 60.6 Å². The molecule has 1 aromatic rings. The second kappa shape index (κ2) is 8.55. The van der Waals surface area contributed by atoms with E-state index < -0.39 is 0 Å². The monoisotopic (exact) mass is 371 g/mol. The Morgan fingerprint density at radius 3 is 2.86 bits per heavy atom. The van der Waals surface area contributed by atoms with E-state index in [0.29, 0.717) is 6.04 Å². The fourth-order valence-corrected chi connectivity index (χ4v) is 4.26. The predicted octanol–water partition coefficient (Wildman–Crippen LogP) is 6.36. The first-order valence-corrected chi connectivity index (χ1v) is 9.51. The Kier molecular flexibility index (Phi) is 7.04. The van der Waals surface area contributed by atoms with Crippen LogP contribution in [0.15, 0.2) is 22.7 Å². The normalized spacial score (nSPS) is 24.0. The van der Waals surface area contributed by atoms with Gasteiger partial charge in [-0.2, -0.15) is 0 Å². The quantitative estimate of drug-likeness (QED) is 0.612. The molecule has 1 nitrogen and oxygen atoms in total. The molecule has 3 heteroatoms.